The fourth-order valence-electron chi connectivity index (χ4n) is 3.01. The van der Waals surface area contributed by atoms with Crippen molar-refractivity contribution in [2.75, 3.05) is 6.61 Å². The number of nitrogens with one attached hydrogen (secondary N) is 1. The Morgan fingerprint density at radius 3 is 2.52 bits per heavy atom. The van der Waals surface area contributed by atoms with Crippen molar-refractivity contribution >= 4 is 16.0 Å². The van der Waals surface area contributed by atoms with Crippen molar-refractivity contribution in [2.24, 2.45) is 0 Å². The van der Waals surface area contributed by atoms with Gasteiger partial charge in [-0.15, -0.1) is 0 Å². The smallest absolute Gasteiger partial charge is 0.338 e. The molecule has 1 N–H and O–H groups in total. The molecular formula is C21H23N3O4S. The van der Waals surface area contributed by atoms with Crippen molar-refractivity contribution in [3.05, 3.63) is 77.1 Å². The number of hydrogen-bond donors (Lipinski definition) is 1. The van der Waals surface area contributed by atoms with E-state index in [9.17, 15) is 13.2 Å². The first-order valence-electron chi connectivity index (χ1n) is 9.21. The summed E-state index contributed by atoms with van der Waals surface area (Å²) in [6.45, 7) is 5.75. The van der Waals surface area contributed by atoms with Gasteiger partial charge >= 0.3 is 5.97 Å². The lowest BCUT2D eigenvalue weighted by atomic mass is 10.2. The molecule has 0 fully saturated rings. The molecule has 0 amide bonds. The maximum absolute atomic E-state index is 12.7. The third kappa shape index (κ3) is 4.55. The number of aromatic nitrogens is 2. The second-order valence-corrected chi connectivity index (χ2v) is 8.24. The SMILES string of the molecule is CCOC(=O)c1cccc(S(=O)(=O)NCc2c(C)nn(-c3ccccc3)c2C)c1. The molecule has 3 aromatic rings. The number of carbonyl (C=O) groups excluding carboxylic acids is 1. The third-order valence-corrected chi connectivity index (χ3v) is 5.94. The van der Waals surface area contributed by atoms with Crippen LogP contribution in [0.2, 0.25) is 0 Å². The predicted molar refractivity (Wildman–Crippen MR) is 109 cm³/mol. The number of rotatable bonds is 7. The Balaban J connectivity index is 1.82. The summed E-state index contributed by atoms with van der Waals surface area (Å²) in [5.74, 6) is -0.555. The zero-order chi connectivity index (χ0) is 21.0. The number of aryl methyl sites for hydroxylation is 1. The van der Waals surface area contributed by atoms with Gasteiger partial charge < -0.3 is 4.74 Å². The Hall–Kier alpha value is -2.97. The van der Waals surface area contributed by atoms with E-state index in [0.29, 0.717) is 0 Å². The van der Waals surface area contributed by atoms with E-state index in [1.165, 1.54) is 24.3 Å². The van der Waals surface area contributed by atoms with Crippen molar-refractivity contribution in [1.82, 2.24) is 14.5 Å². The molecule has 0 bridgehead atoms. The topological polar surface area (TPSA) is 90.3 Å². The van der Waals surface area contributed by atoms with Crippen LogP contribution in [0.5, 0.6) is 0 Å². The normalized spacial score (nSPS) is 11.4. The van der Waals surface area contributed by atoms with E-state index in [-0.39, 0.29) is 23.6 Å². The largest absolute Gasteiger partial charge is 0.462 e. The van der Waals surface area contributed by atoms with Gasteiger partial charge in [0, 0.05) is 17.8 Å². The van der Waals surface area contributed by atoms with E-state index in [4.69, 9.17) is 4.74 Å². The van der Waals surface area contributed by atoms with Crippen LogP contribution in [0.25, 0.3) is 5.69 Å². The first kappa shape index (κ1) is 20.8. The predicted octanol–water partition coefficient (Wildman–Crippen LogP) is 3.14. The number of nitrogens with zero attached hydrogens (tertiary/aromatic N) is 2. The van der Waals surface area contributed by atoms with Crippen molar-refractivity contribution in [3.63, 3.8) is 0 Å². The van der Waals surface area contributed by atoms with Crippen molar-refractivity contribution < 1.29 is 17.9 Å². The van der Waals surface area contributed by atoms with Crippen molar-refractivity contribution in [1.29, 1.82) is 0 Å². The van der Waals surface area contributed by atoms with Crippen LogP contribution in [-0.4, -0.2) is 30.8 Å². The molecule has 0 spiro atoms. The maximum Gasteiger partial charge on any atom is 0.338 e. The Kier molecular flexibility index (Phi) is 6.14. The van der Waals surface area contributed by atoms with Gasteiger partial charge in [-0.3, -0.25) is 0 Å². The Morgan fingerprint density at radius 2 is 1.83 bits per heavy atom. The molecule has 1 heterocycles. The average Bonchev–Trinajstić information content (AvgIpc) is 3.01. The van der Waals surface area contributed by atoms with Crippen LogP contribution in [0.3, 0.4) is 0 Å². The van der Waals surface area contributed by atoms with Crippen LogP contribution in [0, 0.1) is 13.8 Å². The Labute approximate surface area is 170 Å². The van der Waals surface area contributed by atoms with Gasteiger partial charge in [0.1, 0.15) is 0 Å². The van der Waals surface area contributed by atoms with Crippen LogP contribution in [0.4, 0.5) is 0 Å². The number of benzene rings is 2. The summed E-state index contributed by atoms with van der Waals surface area (Å²) in [6, 6.07) is 15.4. The van der Waals surface area contributed by atoms with Gasteiger partial charge in [0.2, 0.25) is 10.0 Å². The number of ether oxygens (including phenoxy) is 1. The van der Waals surface area contributed by atoms with E-state index < -0.39 is 16.0 Å². The minimum atomic E-state index is -3.81. The number of carbonyl (C=O) groups is 1. The van der Waals surface area contributed by atoms with Crippen LogP contribution in [-0.2, 0) is 21.3 Å². The van der Waals surface area contributed by atoms with E-state index in [1.54, 1.807) is 11.6 Å². The summed E-state index contributed by atoms with van der Waals surface area (Å²) in [4.78, 5) is 11.9. The summed E-state index contributed by atoms with van der Waals surface area (Å²) in [7, 11) is -3.81. The summed E-state index contributed by atoms with van der Waals surface area (Å²) in [5.41, 5.74) is 3.51. The lowest BCUT2D eigenvalue weighted by Crippen LogP contribution is -2.24. The maximum atomic E-state index is 12.7. The average molecular weight is 413 g/mol. The minimum Gasteiger partial charge on any atom is -0.462 e. The first-order valence-corrected chi connectivity index (χ1v) is 10.7. The highest BCUT2D eigenvalue weighted by molar-refractivity contribution is 7.89. The molecule has 0 saturated heterocycles. The summed E-state index contributed by atoms with van der Waals surface area (Å²) < 4.78 is 34.8. The van der Waals surface area contributed by atoms with Gasteiger partial charge in [0.05, 0.1) is 28.4 Å². The van der Waals surface area contributed by atoms with Gasteiger partial charge in [-0.2, -0.15) is 5.10 Å². The highest BCUT2D eigenvalue weighted by Gasteiger charge is 2.19. The van der Waals surface area contributed by atoms with Gasteiger partial charge in [0.25, 0.3) is 0 Å². The summed E-state index contributed by atoms with van der Waals surface area (Å²) in [6.07, 6.45) is 0. The standard InChI is InChI=1S/C21H23N3O4S/c1-4-28-21(25)17-9-8-12-19(13-17)29(26,27)22-14-20-15(2)23-24(16(20)3)18-10-6-5-7-11-18/h5-13,22H,4,14H2,1-3H3. The zero-order valence-corrected chi connectivity index (χ0v) is 17.4. The monoisotopic (exact) mass is 413 g/mol. The molecule has 2 aromatic carbocycles. The fraction of sp³-hybridized carbons (Fsp3) is 0.238. The third-order valence-electron chi connectivity index (χ3n) is 4.54. The molecule has 3 rings (SSSR count). The lowest BCUT2D eigenvalue weighted by Gasteiger charge is -2.09. The second kappa shape index (κ2) is 8.59. The van der Waals surface area contributed by atoms with E-state index in [0.717, 1.165) is 22.6 Å². The molecule has 0 unspecified atom stereocenters. The van der Waals surface area contributed by atoms with Gasteiger partial charge in [0.15, 0.2) is 0 Å². The second-order valence-electron chi connectivity index (χ2n) is 6.47. The van der Waals surface area contributed by atoms with Crippen LogP contribution >= 0.6 is 0 Å². The molecule has 152 valence electrons. The van der Waals surface area contributed by atoms with Crippen molar-refractivity contribution in [2.45, 2.75) is 32.2 Å². The van der Waals surface area contributed by atoms with E-state index in [2.05, 4.69) is 9.82 Å². The molecule has 0 saturated carbocycles. The fourth-order valence-corrected chi connectivity index (χ4v) is 4.05. The van der Waals surface area contributed by atoms with Crippen LogP contribution in [0.15, 0.2) is 59.5 Å². The molecule has 7 nitrogen and oxygen atoms in total. The zero-order valence-electron chi connectivity index (χ0n) is 16.5. The molecular weight excluding hydrogens is 390 g/mol. The highest BCUT2D eigenvalue weighted by atomic mass is 32.2. The van der Waals surface area contributed by atoms with Crippen LogP contribution < -0.4 is 4.72 Å². The Morgan fingerprint density at radius 1 is 1.10 bits per heavy atom. The van der Waals surface area contributed by atoms with E-state index in [1.807, 2.05) is 44.2 Å². The van der Waals surface area contributed by atoms with Gasteiger partial charge in [-0.1, -0.05) is 24.3 Å². The van der Waals surface area contributed by atoms with Gasteiger partial charge in [-0.05, 0) is 51.1 Å². The lowest BCUT2D eigenvalue weighted by molar-refractivity contribution is 0.0526. The molecule has 0 atom stereocenters. The Bertz CT molecular complexity index is 1120. The van der Waals surface area contributed by atoms with Gasteiger partial charge in [-0.25, -0.2) is 22.6 Å². The first-order chi connectivity index (χ1) is 13.8. The molecule has 0 radical (unpaired) electrons. The molecule has 0 aliphatic carbocycles. The number of hydrogen-bond acceptors (Lipinski definition) is 5. The van der Waals surface area contributed by atoms with Crippen molar-refractivity contribution in [3.8, 4) is 5.69 Å². The minimum absolute atomic E-state index is 0.00816. The van der Waals surface area contributed by atoms with Crippen LogP contribution in [0.1, 0.15) is 34.2 Å². The molecule has 29 heavy (non-hydrogen) atoms. The summed E-state index contributed by atoms with van der Waals surface area (Å²) in [5, 5.41) is 4.53. The molecule has 0 aliphatic heterocycles. The molecule has 1 aromatic heterocycles. The molecule has 8 heteroatoms. The van der Waals surface area contributed by atoms with E-state index >= 15 is 0 Å². The quantitative estimate of drug-likeness (QED) is 0.601. The number of sulfonamides is 1. The highest BCUT2D eigenvalue weighted by Crippen LogP contribution is 2.19. The molecule has 0 aliphatic rings. The number of esters is 1. The summed E-state index contributed by atoms with van der Waals surface area (Å²) >= 11 is 0. The number of para-hydroxylation sites is 1.